The van der Waals surface area contributed by atoms with E-state index in [2.05, 4.69) is 47.2 Å². The Hall–Kier alpha value is -1.38. The first-order chi connectivity index (χ1) is 27.6. The van der Waals surface area contributed by atoms with E-state index in [9.17, 15) is 29.1 Å². The molecule has 0 radical (unpaired) electrons. The summed E-state index contributed by atoms with van der Waals surface area (Å²) in [7, 11) is 2.60. The number of phenolic OH excluding ortho intramolecular Hbond substituents is 1. The minimum absolute atomic E-state index is 0. The van der Waals surface area contributed by atoms with Crippen LogP contribution in [0.15, 0.2) is 60.9 Å². The molecule has 0 saturated carbocycles. The van der Waals surface area contributed by atoms with E-state index in [0.717, 1.165) is 47.7 Å². The van der Waals surface area contributed by atoms with Crippen molar-refractivity contribution in [2.75, 3.05) is 26.2 Å². The Morgan fingerprint density at radius 1 is 0.750 bits per heavy atom. The number of methoxy groups -OCH3 is 2. The summed E-state index contributed by atoms with van der Waals surface area (Å²) in [6.07, 6.45) is 7.94. The summed E-state index contributed by atoms with van der Waals surface area (Å²) in [5.41, 5.74) is 2.02. The Bertz CT molecular complexity index is 1950. The van der Waals surface area contributed by atoms with Crippen molar-refractivity contribution in [2.45, 2.75) is 91.1 Å². The summed E-state index contributed by atoms with van der Waals surface area (Å²) in [5, 5.41) is 20.2. The van der Waals surface area contributed by atoms with Crippen LogP contribution in [-0.4, -0.2) is 82.8 Å². The van der Waals surface area contributed by atoms with E-state index in [1.165, 1.54) is 32.5 Å². The van der Waals surface area contributed by atoms with Gasteiger partial charge in [0, 0.05) is 58.9 Å². The number of ketones is 2. The Morgan fingerprint density at radius 2 is 1.25 bits per heavy atom. The monoisotopic (exact) mass is 1140 g/mol. The fraction of sp³-hybridized carbons (Fsp3) is 0.429. The summed E-state index contributed by atoms with van der Waals surface area (Å²) in [4.78, 5) is 77.4. The molecule has 0 atom stereocenters. The van der Waals surface area contributed by atoms with Gasteiger partial charge in [-0.25, -0.2) is 0 Å². The maximum absolute atomic E-state index is 12.4. The van der Waals surface area contributed by atoms with Crippen LogP contribution in [0.25, 0.3) is 21.8 Å². The SMILES string of the molecule is CC(C)(C)OC(=O)CCCCBr.CCCCOc1ccc2nccc(C(=O)CCC(=O)OC)c2c1.COC(=O)CCC(=O)c1ccnc2ccc(O)cc12.O=CO[O-].[Cs+].[Cs+].[H-]. The number of hydrogen-bond donors (Lipinski definition) is 1. The number of aromatic hydroxyl groups is 1. The third-order valence-corrected chi connectivity index (χ3v) is 8.16. The number of fused-ring (bicyclic) bond motifs is 2. The Balaban J connectivity index is -0.000000803. The van der Waals surface area contributed by atoms with Gasteiger partial charge in [-0.05, 0) is 88.6 Å². The molecular weight excluding hydrogens is 1090 g/mol. The smallest absolute Gasteiger partial charge is 1.00 e. The molecule has 2 aromatic heterocycles. The number of esters is 3. The van der Waals surface area contributed by atoms with E-state index < -0.39 is 5.97 Å². The summed E-state index contributed by atoms with van der Waals surface area (Å²) in [6.45, 7) is 8.22. The molecule has 2 heterocycles. The van der Waals surface area contributed by atoms with Crippen LogP contribution in [0.1, 0.15) is 108 Å². The fourth-order valence-corrected chi connectivity index (χ4v) is 5.23. The van der Waals surface area contributed by atoms with Crippen molar-refractivity contribution in [3.63, 3.8) is 0 Å². The molecule has 0 saturated heterocycles. The second kappa shape index (κ2) is 35.0. The molecule has 4 aromatic rings. The van der Waals surface area contributed by atoms with Gasteiger partial charge >= 0.3 is 156 Å². The van der Waals surface area contributed by atoms with Crippen LogP contribution >= 0.6 is 15.9 Å². The van der Waals surface area contributed by atoms with Gasteiger partial charge in [0.25, 0.3) is 6.47 Å². The van der Waals surface area contributed by atoms with Crippen molar-refractivity contribution < 1.29 is 202 Å². The number of carbonyl (C=O) groups excluding carboxylic acids is 6. The first-order valence-corrected chi connectivity index (χ1v) is 19.6. The number of Topliss-reactive ketones (excluding diaryl/α,β-unsaturated/α-hetero) is 2. The van der Waals surface area contributed by atoms with Crippen molar-refractivity contribution >= 4 is 73.7 Å². The van der Waals surface area contributed by atoms with Gasteiger partial charge in [0.05, 0.1) is 44.7 Å². The number of nitrogens with zero attached hydrogens (tertiary/aromatic N) is 2. The number of unbranched alkanes of at least 4 members (excludes halogenated alkanes) is 2. The van der Waals surface area contributed by atoms with Crippen molar-refractivity contribution in [1.29, 1.82) is 0 Å². The van der Waals surface area contributed by atoms with Gasteiger partial charge in [-0.15, -0.1) is 0 Å². The average Bonchev–Trinajstić information content (AvgIpc) is 3.21. The van der Waals surface area contributed by atoms with Crippen LogP contribution in [0.2, 0.25) is 0 Å². The normalized spacial score (nSPS) is 9.93. The van der Waals surface area contributed by atoms with Crippen molar-refractivity contribution in [2.24, 2.45) is 0 Å². The number of halogens is 1. The quantitative estimate of drug-likeness (QED) is 0.0229. The zero-order valence-electron chi connectivity index (χ0n) is 36.7. The maximum atomic E-state index is 12.4. The number of phenols is 1. The molecule has 318 valence electrons. The van der Waals surface area contributed by atoms with E-state index >= 15 is 0 Å². The number of hydrogen-bond acceptors (Lipinski definition) is 15. The van der Waals surface area contributed by atoms with Gasteiger partial charge in [0.1, 0.15) is 17.1 Å². The Kier molecular flexibility index (Phi) is 35.4. The Labute approximate surface area is 478 Å². The molecule has 0 spiro atoms. The molecule has 0 aliphatic rings. The number of rotatable bonds is 17. The fourth-order valence-electron chi connectivity index (χ4n) is 4.83. The standard InChI is InChI=1S/C18H21NO4.C14H13NO4.C9H17BrO2.CH2O3.2Cs.H/c1-3-4-11-23-13-5-6-16-15(12-13)14(9-10-19-16)17(20)7-8-18(21)22-2;1-19-14(18)5-4-13(17)10-6-7-15-12-3-2-9(16)8-11(10)12;1-9(2,3)12-8(11)6-4-5-7-10;2-1-4-3;;;/h5-6,9-10,12H,3-4,7-8,11H2,1-2H3;2-3,6-8,16H,4-5H2,1H3;4-7H2,1-3H3;1,3H;;;/q;;;;2*+1;-1/p-1. The van der Waals surface area contributed by atoms with E-state index in [1.807, 2.05) is 39.0 Å². The number of carbonyl (C=O) groups is 6. The molecule has 0 bridgehead atoms. The summed E-state index contributed by atoms with van der Waals surface area (Å²) in [6, 6.07) is 13.4. The van der Waals surface area contributed by atoms with Crippen molar-refractivity contribution in [1.82, 2.24) is 9.97 Å². The number of ether oxygens (including phenoxy) is 4. The molecule has 15 nitrogen and oxygen atoms in total. The van der Waals surface area contributed by atoms with Crippen LogP contribution < -0.4 is 148 Å². The van der Waals surface area contributed by atoms with E-state index in [-0.39, 0.29) is 206 Å². The van der Waals surface area contributed by atoms with Crippen LogP contribution in [0.3, 0.4) is 0 Å². The topological polar surface area (TPSA) is 218 Å². The van der Waals surface area contributed by atoms with Gasteiger partial charge < -0.3 is 35.6 Å². The first kappa shape index (κ1) is 60.7. The number of alkyl halides is 1. The van der Waals surface area contributed by atoms with E-state index in [1.54, 1.807) is 24.4 Å². The van der Waals surface area contributed by atoms with Crippen molar-refractivity contribution in [3.05, 3.63) is 72.1 Å². The summed E-state index contributed by atoms with van der Waals surface area (Å²) >= 11 is 3.31. The van der Waals surface area contributed by atoms with Crippen LogP contribution in [0.4, 0.5) is 0 Å². The van der Waals surface area contributed by atoms with Gasteiger partial charge in [0.15, 0.2) is 11.6 Å². The zero-order valence-corrected chi connectivity index (χ0v) is 49.9. The largest absolute Gasteiger partial charge is 1.00 e. The summed E-state index contributed by atoms with van der Waals surface area (Å²) < 4.78 is 19.9. The first-order valence-electron chi connectivity index (χ1n) is 18.4. The average molecular weight is 1140 g/mol. The molecule has 0 unspecified atom stereocenters. The predicted octanol–water partition coefficient (Wildman–Crippen LogP) is 1.07. The molecular formula is C42H53BrCs2N2O13. The molecule has 4 rings (SSSR count). The maximum Gasteiger partial charge on any atom is 1.00 e. The molecule has 0 amide bonds. The van der Waals surface area contributed by atoms with Gasteiger partial charge in [-0.1, -0.05) is 29.3 Å². The second-order valence-corrected chi connectivity index (χ2v) is 14.0. The molecule has 2 aromatic carbocycles. The molecule has 0 aliphatic heterocycles. The van der Waals surface area contributed by atoms with Gasteiger partial charge in [0.2, 0.25) is 0 Å². The molecule has 60 heavy (non-hydrogen) atoms. The zero-order chi connectivity index (χ0) is 43.5. The van der Waals surface area contributed by atoms with E-state index in [0.29, 0.717) is 35.1 Å². The predicted molar refractivity (Wildman–Crippen MR) is 218 cm³/mol. The third kappa shape index (κ3) is 25.7. The van der Waals surface area contributed by atoms with Crippen LogP contribution in [0.5, 0.6) is 11.5 Å². The Morgan fingerprint density at radius 3 is 1.70 bits per heavy atom. The third-order valence-electron chi connectivity index (χ3n) is 7.60. The van der Waals surface area contributed by atoms with Gasteiger partial charge in [-0.2, -0.15) is 0 Å². The van der Waals surface area contributed by atoms with Crippen LogP contribution in [0, 0.1) is 0 Å². The minimum atomic E-state index is -0.422. The van der Waals surface area contributed by atoms with Crippen molar-refractivity contribution in [3.8, 4) is 11.5 Å². The number of benzene rings is 2. The summed E-state index contributed by atoms with van der Waals surface area (Å²) in [5.74, 6) is -0.390. The second-order valence-electron chi connectivity index (χ2n) is 13.2. The van der Waals surface area contributed by atoms with E-state index in [4.69, 9.17) is 19.5 Å². The minimum Gasteiger partial charge on any atom is -1.00 e. The van der Waals surface area contributed by atoms with Crippen LogP contribution in [-0.2, 0) is 38.3 Å². The number of aromatic nitrogens is 2. The molecule has 0 fully saturated rings. The molecule has 0 aliphatic carbocycles. The number of pyridine rings is 2. The molecule has 1 N–H and O–H groups in total. The van der Waals surface area contributed by atoms with Gasteiger partial charge in [-0.3, -0.25) is 38.7 Å². The molecule has 18 heteroatoms.